The Morgan fingerprint density at radius 3 is 2.74 bits per heavy atom. The minimum atomic E-state index is 0.786. The van der Waals surface area contributed by atoms with Crippen LogP contribution in [0, 0.1) is 11.3 Å². The molecule has 1 aromatic carbocycles. The van der Waals surface area contributed by atoms with E-state index in [0.717, 1.165) is 29.2 Å². The zero-order valence-corrected chi connectivity index (χ0v) is 12.7. The molecule has 2 nitrogen and oxygen atoms in total. The third-order valence-electron chi connectivity index (χ3n) is 2.99. The molecule has 4 heteroatoms. The van der Waals surface area contributed by atoms with Gasteiger partial charge in [-0.2, -0.15) is 5.26 Å². The van der Waals surface area contributed by atoms with Crippen molar-refractivity contribution in [3.8, 4) is 6.07 Å². The quantitative estimate of drug-likeness (QED) is 0.765. The molecule has 0 amide bonds. The minimum absolute atomic E-state index is 0.786. The number of thioether (sulfide) groups is 1. The van der Waals surface area contributed by atoms with E-state index < -0.39 is 0 Å². The van der Waals surface area contributed by atoms with Crippen molar-refractivity contribution in [3.05, 3.63) is 46.2 Å². The van der Waals surface area contributed by atoms with Crippen LogP contribution in [-0.2, 0) is 6.54 Å². The highest BCUT2D eigenvalue weighted by atomic mass is 32.2. The molecule has 0 saturated heterocycles. The Morgan fingerprint density at radius 1 is 1.32 bits per heavy atom. The van der Waals surface area contributed by atoms with Crippen LogP contribution in [0.5, 0.6) is 0 Å². The first-order valence-corrected chi connectivity index (χ1v) is 8.25. The maximum atomic E-state index is 9.41. The topological polar surface area (TPSA) is 27.0 Å². The maximum Gasteiger partial charge on any atom is 0.103 e. The molecule has 0 radical (unpaired) electrons. The van der Waals surface area contributed by atoms with Gasteiger partial charge in [0.2, 0.25) is 0 Å². The molecule has 1 heterocycles. The average molecular weight is 288 g/mol. The van der Waals surface area contributed by atoms with Gasteiger partial charge in [-0.1, -0.05) is 12.1 Å². The van der Waals surface area contributed by atoms with Crippen molar-refractivity contribution >= 4 is 28.8 Å². The van der Waals surface area contributed by atoms with Gasteiger partial charge in [-0.3, -0.25) is 0 Å². The summed E-state index contributed by atoms with van der Waals surface area (Å²) in [5.74, 6) is 0. The van der Waals surface area contributed by atoms with E-state index in [1.807, 2.05) is 24.5 Å². The van der Waals surface area contributed by atoms with E-state index in [1.165, 1.54) is 4.88 Å². The van der Waals surface area contributed by atoms with Crippen LogP contribution in [0.1, 0.15) is 17.4 Å². The second kappa shape index (κ2) is 6.65. The number of thiophene rings is 1. The van der Waals surface area contributed by atoms with Gasteiger partial charge in [0.1, 0.15) is 6.07 Å². The lowest BCUT2D eigenvalue weighted by molar-refractivity contribution is 0.838. The largest absolute Gasteiger partial charge is 0.366 e. The van der Waals surface area contributed by atoms with Crippen LogP contribution < -0.4 is 4.90 Å². The Labute approximate surface area is 122 Å². The van der Waals surface area contributed by atoms with Crippen LogP contribution in [0.4, 0.5) is 5.69 Å². The SMILES string of the molecule is CCN(Cc1cccs1)c1cccc(SC)c1C#N. The van der Waals surface area contributed by atoms with E-state index in [0.29, 0.717) is 0 Å². The highest BCUT2D eigenvalue weighted by Crippen LogP contribution is 2.30. The Balaban J connectivity index is 2.35. The van der Waals surface area contributed by atoms with Crippen molar-refractivity contribution < 1.29 is 0 Å². The van der Waals surface area contributed by atoms with Gasteiger partial charge in [-0.15, -0.1) is 23.1 Å². The fraction of sp³-hybridized carbons (Fsp3) is 0.267. The maximum absolute atomic E-state index is 9.41. The summed E-state index contributed by atoms with van der Waals surface area (Å²) >= 11 is 3.38. The molecule has 0 unspecified atom stereocenters. The highest BCUT2D eigenvalue weighted by molar-refractivity contribution is 7.98. The average Bonchev–Trinajstić information content (AvgIpc) is 2.96. The molecule has 2 rings (SSSR count). The first kappa shape index (κ1) is 14.0. The lowest BCUT2D eigenvalue weighted by Crippen LogP contribution is -2.22. The summed E-state index contributed by atoms with van der Waals surface area (Å²) < 4.78 is 0. The molecule has 1 aromatic heterocycles. The van der Waals surface area contributed by atoms with Crippen LogP contribution >= 0.6 is 23.1 Å². The smallest absolute Gasteiger partial charge is 0.103 e. The number of hydrogen-bond donors (Lipinski definition) is 0. The minimum Gasteiger partial charge on any atom is -0.366 e. The van der Waals surface area contributed by atoms with Crippen molar-refractivity contribution in [1.29, 1.82) is 5.26 Å². The monoisotopic (exact) mass is 288 g/mol. The molecule has 0 spiro atoms. The third kappa shape index (κ3) is 3.12. The molecule has 0 aliphatic heterocycles. The molecule has 0 saturated carbocycles. The molecule has 19 heavy (non-hydrogen) atoms. The van der Waals surface area contributed by atoms with Crippen LogP contribution in [0.25, 0.3) is 0 Å². The summed E-state index contributed by atoms with van der Waals surface area (Å²) in [5.41, 5.74) is 1.82. The number of rotatable bonds is 5. The van der Waals surface area contributed by atoms with E-state index in [-0.39, 0.29) is 0 Å². The second-order valence-corrected chi connectivity index (χ2v) is 5.94. The molecule has 0 N–H and O–H groups in total. The Bertz CT molecular complexity index is 570. The second-order valence-electron chi connectivity index (χ2n) is 4.06. The number of nitrogens with zero attached hydrogens (tertiary/aromatic N) is 2. The number of hydrogen-bond acceptors (Lipinski definition) is 4. The molecule has 0 atom stereocenters. The predicted octanol–water partition coefficient (Wildman–Crippen LogP) is 4.37. The van der Waals surface area contributed by atoms with Crippen LogP contribution in [0.2, 0.25) is 0 Å². The normalized spacial score (nSPS) is 10.2. The van der Waals surface area contributed by atoms with Gasteiger partial charge in [0.05, 0.1) is 17.8 Å². The molecule has 98 valence electrons. The van der Waals surface area contributed by atoms with Crippen LogP contribution in [-0.4, -0.2) is 12.8 Å². The molecular formula is C15H16N2S2. The zero-order chi connectivity index (χ0) is 13.7. The van der Waals surface area contributed by atoms with Crippen molar-refractivity contribution in [2.24, 2.45) is 0 Å². The van der Waals surface area contributed by atoms with E-state index in [9.17, 15) is 5.26 Å². The van der Waals surface area contributed by atoms with Crippen molar-refractivity contribution in [2.45, 2.75) is 18.4 Å². The Hall–Kier alpha value is -1.44. The Morgan fingerprint density at radius 2 is 2.16 bits per heavy atom. The first-order chi connectivity index (χ1) is 9.30. The number of benzene rings is 1. The van der Waals surface area contributed by atoms with Gasteiger partial charge in [-0.25, -0.2) is 0 Å². The van der Waals surface area contributed by atoms with Gasteiger partial charge < -0.3 is 4.90 Å². The Kier molecular flexibility index (Phi) is 4.89. The molecular weight excluding hydrogens is 272 g/mol. The first-order valence-electron chi connectivity index (χ1n) is 6.14. The fourth-order valence-corrected chi connectivity index (χ4v) is 3.31. The van der Waals surface area contributed by atoms with Gasteiger partial charge >= 0.3 is 0 Å². The van der Waals surface area contributed by atoms with Crippen molar-refractivity contribution in [3.63, 3.8) is 0 Å². The van der Waals surface area contributed by atoms with Gasteiger partial charge in [0, 0.05) is 16.3 Å². The molecule has 2 aromatic rings. The zero-order valence-electron chi connectivity index (χ0n) is 11.1. The van der Waals surface area contributed by atoms with Crippen LogP contribution in [0.3, 0.4) is 0 Å². The number of nitriles is 1. The van der Waals surface area contributed by atoms with E-state index in [4.69, 9.17) is 0 Å². The standard InChI is InChI=1S/C15H16N2S2/c1-3-17(11-12-6-5-9-19-12)14-7-4-8-15(18-2)13(14)10-16/h4-9H,3,11H2,1-2H3. The highest BCUT2D eigenvalue weighted by Gasteiger charge is 2.13. The summed E-state index contributed by atoms with van der Waals surface area (Å²) in [7, 11) is 0. The van der Waals surface area contributed by atoms with E-state index in [2.05, 4.69) is 35.4 Å². The summed E-state index contributed by atoms with van der Waals surface area (Å²) in [4.78, 5) is 4.62. The van der Waals surface area contributed by atoms with E-state index in [1.54, 1.807) is 23.1 Å². The van der Waals surface area contributed by atoms with Gasteiger partial charge in [0.25, 0.3) is 0 Å². The molecule has 0 fully saturated rings. The summed E-state index contributed by atoms with van der Waals surface area (Å²) in [5, 5.41) is 11.5. The lowest BCUT2D eigenvalue weighted by atomic mass is 10.1. The fourth-order valence-electron chi connectivity index (χ4n) is 2.02. The summed E-state index contributed by atoms with van der Waals surface area (Å²) in [6.45, 7) is 3.88. The third-order valence-corrected chi connectivity index (χ3v) is 4.63. The van der Waals surface area contributed by atoms with Crippen LogP contribution in [0.15, 0.2) is 40.6 Å². The molecule has 0 bridgehead atoms. The van der Waals surface area contributed by atoms with Gasteiger partial charge in [-0.05, 0) is 36.8 Å². The predicted molar refractivity (Wildman–Crippen MR) is 84.0 cm³/mol. The van der Waals surface area contributed by atoms with Crippen molar-refractivity contribution in [2.75, 3.05) is 17.7 Å². The molecule has 0 aliphatic rings. The number of anilines is 1. The lowest BCUT2D eigenvalue weighted by Gasteiger charge is -2.24. The summed E-state index contributed by atoms with van der Waals surface area (Å²) in [6.07, 6.45) is 2.01. The van der Waals surface area contributed by atoms with Gasteiger partial charge in [0.15, 0.2) is 0 Å². The van der Waals surface area contributed by atoms with E-state index >= 15 is 0 Å². The summed E-state index contributed by atoms with van der Waals surface area (Å²) in [6, 6.07) is 12.6. The van der Waals surface area contributed by atoms with Crippen molar-refractivity contribution in [1.82, 2.24) is 0 Å². The molecule has 0 aliphatic carbocycles.